The molecule has 0 spiro atoms. The average molecular weight is 451 g/mol. The number of benzene rings is 1. The molecule has 1 atom stereocenters. The van der Waals surface area contributed by atoms with Crippen molar-refractivity contribution in [2.24, 2.45) is 5.92 Å². The number of hydrogen-bond acceptors (Lipinski definition) is 3. The molecule has 4 rings (SSSR count). The normalized spacial score (nSPS) is 17.1. The van der Waals surface area contributed by atoms with Crippen LogP contribution >= 0.6 is 0 Å². The fraction of sp³-hybridized carbons (Fsp3) is 0.423. The van der Waals surface area contributed by atoms with Crippen LogP contribution in [-0.2, 0) is 22.4 Å². The molecule has 2 aromatic heterocycles. The highest BCUT2D eigenvalue weighted by Crippen LogP contribution is 2.24. The van der Waals surface area contributed by atoms with Gasteiger partial charge in [-0.05, 0) is 69.2 Å². The number of likely N-dealkylation sites (tertiary alicyclic amines) is 1. The van der Waals surface area contributed by atoms with E-state index >= 15 is 0 Å². The lowest BCUT2D eigenvalue weighted by atomic mass is 9.95. The summed E-state index contributed by atoms with van der Waals surface area (Å²) in [6.07, 6.45) is 9.46. The molecule has 3 heterocycles. The molecule has 3 aromatic rings. The molecule has 1 aliphatic rings. The van der Waals surface area contributed by atoms with E-state index in [0.29, 0.717) is 24.6 Å². The predicted molar refractivity (Wildman–Crippen MR) is 125 cm³/mol. The summed E-state index contributed by atoms with van der Waals surface area (Å²) in [5.74, 6) is -0.426. The van der Waals surface area contributed by atoms with Gasteiger partial charge in [0.2, 0.25) is 11.8 Å². The van der Waals surface area contributed by atoms with Gasteiger partial charge >= 0.3 is 0 Å². The van der Waals surface area contributed by atoms with Gasteiger partial charge in [-0.2, -0.15) is 0 Å². The Morgan fingerprint density at radius 1 is 1.12 bits per heavy atom. The Labute approximate surface area is 193 Å². The first-order chi connectivity index (χ1) is 15.8. The molecular weight excluding hydrogens is 419 g/mol. The van der Waals surface area contributed by atoms with Crippen LogP contribution in [0.1, 0.15) is 44.4 Å². The van der Waals surface area contributed by atoms with Crippen LogP contribution in [0.15, 0.2) is 55.0 Å². The summed E-state index contributed by atoms with van der Waals surface area (Å²) in [7, 11) is 0. The maximum atomic E-state index is 13.9. The smallest absolute Gasteiger partial charge is 0.247 e. The first-order valence-corrected chi connectivity index (χ1v) is 11.6. The van der Waals surface area contributed by atoms with Crippen LogP contribution in [0.25, 0.3) is 5.52 Å². The quantitative estimate of drug-likeness (QED) is 0.622. The Bertz CT molecular complexity index is 1140. The van der Waals surface area contributed by atoms with Crippen molar-refractivity contribution >= 4 is 17.3 Å². The van der Waals surface area contributed by atoms with Gasteiger partial charge in [-0.3, -0.25) is 14.6 Å². The van der Waals surface area contributed by atoms with Crippen LogP contribution in [0.4, 0.5) is 4.39 Å². The number of fused-ring (bicyclic) bond motifs is 1. The third-order valence-electron chi connectivity index (χ3n) is 6.44. The number of rotatable bonds is 6. The van der Waals surface area contributed by atoms with Crippen molar-refractivity contribution in [1.29, 1.82) is 0 Å². The number of hydrogen-bond donors (Lipinski definition) is 1. The third-order valence-corrected chi connectivity index (χ3v) is 6.44. The van der Waals surface area contributed by atoms with E-state index in [4.69, 9.17) is 0 Å². The van der Waals surface area contributed by atoms with E-state index in [0.717, 1.165) is 36.9 Å². The van der Waals surface area contributed by atoms with E-state index in [1.807, 2.05) is 29.6 Å². The van der Waals surface area contributed by atoms with Crippen molar-refractivity contribution < 1.29 is 14.0 Å². The van der Waals surface area contributed by atoms with Crippen molar-refractivity contribution in [3.05, 3.63) is 72.1 Å². The van der Waals surface area contributed by atoms with Crippen molar-refractivity contribution in [3.63, 3.8) is 0 Å². The Hall–Kier alpha value is -3.22. The van der Waals surface area contributed by atoms with Gasteiger partial charge in [-0.15, -0.1) is 0 Å². The SMILES string of the molecule is CC(C)(NC(=O)Cc1ccccc1F)C(=O)N1CCC[C@H](Cc2nccn3cccc23)CC1. The zero-order valence-corrected chi connectivity index (χ0v) is 19.3. The third kappa shape index (κ3) is 5.41. The monoisotopic (exact) mass is 450 g/mol. The molecule has 33 heavy (non-hydrogen) atoms. The second-order valence-corrected chi connectivity index (χ2v) is 9.41. The predicted octanol–water partition coefficient (Wildman–Crippen LogP) is 3.78. The molecule has 0 unspecified atom stereocenters. The van der Waals surface area contributed by atoms with Gasteiger partial charge in [-0.25, -0.2) is 4.39 Å². The van der Waals surface area contributed by atoms with Gasteiger partial charge in [0, 0.05) is 31.7 Å². The van der Waals surface area contributed by atoms with Crippen LogP contribution in [0.2, 0.25) is 0 Å². The summed E-state index contributed by atoms with van der Waals surface area (Å²) >= 11 is 0. The zero-order valence-electron chi connectivity index (χ0n) is 19.3. The minimum absolute atomic E-state index is 0.0935. The molecule has 1 N–H and O–H groups in total. The molecule has 1 fully saturated rings. The summed E-state index contributed by atoms with van der Waals surface area (Å²) in [6, 6.07) is 10.3. The fourth-order valence-corrected chi connectivity index (χ4v) is 4.69. The maximum absolute atomic E-state index is 13.9. The standard InChI is InChI=1S/C26H31FN4O2/c1-26(2,29-24(32)18-20-8-3-4-9-21(20)27)25(33)31-14-5-7-19(11-15-31)17-22-23-10-6-13-30(23)16-12-28-22/h3-4,6,8-10,12-13,16,19H,5,7,11,14-15,17-18H2,1-2H3,(H,29,32)/t19-/m0/s1. The van der Waals surface area contributed by atoms with Gasteiger partial charge in [0.1, 0.15) is 11.4 Å². The van der Waals surface area contributed by atoms with Crippen LogP contribution in [0.5, 0.6) is 0 Å². The molecule has 1 saturated heterocycles. The van der Waals surface area contributed by atoms with E-state index in [2.05, 4.69) is 20.8 Å². The largest absolute Gasteiger partial charge is 0.342 e. The van der Waals surface area contributed by atoms with Gasteiger partial charge < -0.3 is 14.6 Å². The van der Waals surface area contributed by atoms with Crippen LogP contribution in [-0.4, -0.2) is 44.7 Å². The van der Waals surface area contributed by atoms with E-state index in [9.17, 15) is 14.0 Å². The van der Waals surface area contributed by atoms with Crippen LogP contribution in [0, 0.1) is 11.7 Å². The highest BCUT2D eigenvalue weighted by atomic mass is 19.1. The lowest BCUT2D eigenvalue weighted by Crippen LogP contribution is -2.56. The Morgan fingerprint density at radius 3 is 2.76 bits per heavy atom. The summed E-state index contributed by atoms with van der Waals surface area (Å²) in [5.41, 5.74) is 1.49. The summed E-state index contributed by atoms with van der Waals surface area (Å²) in [5, 5.41) is 2.81. The number of nitrogens with zero attached hydrogens (tertiary/aromatic N) is 3. The molecule has 0 saturated carbocycles. The maximum Gasteiger partial charge on any atom is 0.247 e. The van der Waals surface area contributed by atoms with Gasteiger partial charge in [-0.1, -0.05) is 18.2 Å². The molecular formula is C26H31FN4O2. The lowest BCUT2D eigenvalue weighted by Gasteiger charge is -2.32. The molecule has 0 aliphatic carbocycles. The Kier molecular flexibility index (Phi) is 6.77. The van der Waals surface area contributed by atoms with Crippen molar-refractivity contribution in [3.8, 4) is 0 Å². The minimum atomic E-state index is -1.05. The molecule has 174 valence electrons. The molecule has 0 radical (unpaired) electrons. The summed E-state index contributed by atoms with van der Waals surface area (Å²) < 4.78 is 16.0. The minimum Gasteiger partial charge on any atom is -0.342 e. The van der Waals surface area contributed by atoms with Gasteiger partial charge in [0.25, 0.3) is 0 Å². The highest BCUT2D eigenvalue weighted by molar-refractivity contribution is 5.91. The summed E-state index contributed by atoms with van der Waals surface area (Å²) in [6.45, 7) is 4.76. The lowest BCUT2D eigenvalue weighted by molar-refractivity contribution is -0.140. The Balaban J connectivity index is 1.34. The van der Waals surface area contributed by atoms with E-state index in [-0.39, 0.29) is 18.2 Å². The van der Waals surface area contributed by atoms with Gasteiger partial charge in [0.05, 0.1) is 17.6 Å². The van der Waals surface area contributed by atoms with Gasteiger partial charge in [0.15, 0.2) is 0 Å². The first-order valence-electron chi connectivity index (χ1n) is 11.6. The number of nitrogens with one attached hydrogen (secondary N) is 1. The van der Waals surface area contributed by atoms with E-state index in [1.165, 1.54) is 6.07 Å². The number of amides is 2. The van der Waals surface area contributed by atoms with Crippen molar-refractivity contribution in [2.75, 3.05) is 13.1 Å². The summed E-state index contributed by atoms with van der Waals surface area (Å²) in [4.78, 5) is 32.2. The number of aromatic nitrogens is 2. The van der Waals surface area contributed by atoms with Crippen LogP contribution in [0.3, 0.4) is 0 Å². The topological polar surface area (TPSA) is 66.7 Å². The van der Waals surface area contributed by atoms with Crippen molar-refractivity contribution in [2.45, 2.75) is 51.5 Å². The molecule has 1 aromatic carbocycles. The molecule has 2 amide bonds. The number of carbonyl (C=O) groups excluding carboxylic acids is 2. The molecule has 1 aliphatic heterocycles. The fourth-order valence-electron chi connectivity index (χ4n) is 4.69. The first kappa shape index (κ1) is 23.0. The molecule has 7 heteroatoms. The van der Waals surface area contributed by atoms with E-state index in [1.54, 1.807) is 32.0 Å². The second kappa shape index (κ2) is 9.73. The number of carbonyl (C=O) groups is 2. The van der Waals surface area contributed by atoms with E-state index < -0.39 is 11.4 Å². The Morgan fingerprint density at radius 2 is 1.94 bits per heavy atom. The molecule has 0 bridgehead atoms. The zero-order chi connectivity index (χ0) is 23.4. The second-order valence-electron chi connectivity index (χ2n) is 9.41. The van der Waals surface area contributed by atoms with Crippen molar-refractivity contribution in [1.82, 2.24) is 19.6 Å². The number of halogens is 1. The average Bonchev–Trinajstić information content (AvgIpc) is 3.15. The highest BCUT2D eigenvalue weighted by Gasteiger charge is 2.34. The van der Waals surface area contributed by atoms with Crippen LogP contribution < -0.4 is 5.32 Å². The molecule has 6 nitrogen and oxygen atoms in total.